The van der Waals surface area contributed by atoms with Gasteiger partial charge in [-0.1, -0.05) is 12.1 Å². The van der Waals surface area contributed by atoms with Crippen molar-refractivity contribution >= 4 is 23.2 Å². The lowest BCUT2D eigenvalue weighted by Gasteiger charge is -2.09. The molecule has 0 bridgehead atoms. The van der Waals surface area contributed by atoms with E-state index in [1.165, 1.54) is 24.3 Å². The molecule has 1 heterocycles. The van der Waals surface area contributed by atoms with Crippen LogP contribution < -0.4 is 10.7 Å². The Bertz CT molecular complexity index is 825. The van der Waals surface area contributed by atoms with Gasteiger partial charge in [-0.25, -0.2) is 5.43 Å². The lowest BCUT2D eigenvalue weighted by Crippen LogP contribution is -2.29. The van der Waals surface area contributed by atoms with Crippen LogP contribution in [0.5, 0.6) is 0 Å². The molecule has 132 valence electrons. The van der Waals surface area contributed by atoms with E-state index < -0.39 is 18.0 Å². The van der Waals surface area contributed by atoms with E-state index in [0.29, 0.717) is 17.0 Å². The summed E-state index contributed by atoms with van der Waals surface area (Å²) in [5.41, 5.74) is 3.00. The number of carbonyl (C=O) groups excluding carboxylic acids is 2. The monoisotopic (exact) mass is 353 g/mol. The second-order valence-electron chi connectivity index (χ2n) is 5.08. The fourth-order valence-corrected chi connectivity index (χ4v) is 1.83. The van der Waals surface area contributed by atoms with Crippen LogP contribution in [-0.2, 0) is 4.79 Å². The van der Waals surface area contributed by atoms with Crippen LogP contribution >= 0.6 is 0 Å². The number of aryl methyl sites for hydroxylation is 1. The third kappa shape index (κ3) is 4.93. The van der Waals surface area contributed by atoms with E-state index in [-0.39, 0.29) is 11.4 Å². The number of anilines is 1. The third-order valence-corrected chi connectivity index (χ3v) is 3.08. The fraction of sp³-hybridized carbons (Fsp3) is 0.188. The van der Waals surface area contributed by atoms with E-state index in [2.05, 4.69) is 10.5 Å². The first-order valence-electron chi connectivity index (χ1n) is 7.06. The van der Waals surface area contributed by atoms with Crippen LogP contribution in [0.2, 0.25) is 0 Å². The van der Waals surface area contributed by atoms with Gasteiger partial charge >= 0.3 is 18.0 Å². The Morgan fingerprint density at radius 2 is 1.88 bits per heavy atom. The van der Waals surface area contributed by atoms with Crippen molar-refractivity contribution in [2.45, 2.75) is 20.0 Å². The Morgan fingerprint density at radius 1 is 1.16 bits per heavy atom. The predicted octanol–water partition coefficient (Wildman–Crippen LogP) is 3.24. The molecule has 0 aliphatic heterocycles. The zero-order chi connectivity index (χ0) is 18.6. The van der Waals surface area contributed by atoms with E-state index in [1.54, 1.807) is 31.3 Å². The number of hydrogen-bond donors (Lipinski definition) is 2. The highest BCUT2D eigenvalue weighted by Gasteiger charge is 2.38. The van der Waals surface area contributed by atoms with Crippen LogP contribution in [0.4, 0.5) is 18.9 Å². The number of hydrazone groups is 1. The summed E-state index contributed by atoms with van der Waals surface area (Å²) in [5, 5.41) is 5.62. The topological polar surface area (TPSA) is 83.7 Å². The minimum absolute atomic E-state index is 0.0395. The molecule has 25 heavy (non-hydrogen) atoms. The molecule has 2 N–H and O–H groups in total. The number of amides is 2. The zero-order valence-corrected chi connectivity index (χ0v) is 13.3. The molecule has 0 unspecified atom stereocenters. The van der Waals surface area contributed by atoms with Crippen molar-refractivity contribution in [1.82, 2.24) is 5.43 Å². The molecule has 2 rings (SSSR count). The molecule has 0 aliphatic rings. The molecule has 6 nitrogen and oxygen atoms in total. The molecule has 2 aromatic rings. The summed E-state index contributed by atoms with van der Waals surface area (Å²) in [6, 6.07) is 8.76. The van der Waals surface area contributed by atoms with E-state index in [1.807, 2.05) is 0 Å². The molecule has 0 fully saturated rings. The van der Waals surface area contributed by atoms with Crippen molar-refractivity contribution in [1.29, 1.82) is 0 Å². The van der Waals surface area contributed by atoms with E-state index in [9.17, 15) is 22.8 Å². The van der Waals surface area contributed by atoms with Crippen molar-refractivity contribution in [2.75, 3.05) is 5.32 Å². The van der Waals surface area contributed by atoms with Gasteiger partial charge in [0.25, 0.3) is 0 Å². The van der Waals surface area contributed by atoms with Crippen molar-refractivity contribution in [2.24, 2.45) is 5.10 Å². The SMILES string of the molecule is CC(=NNC(=O)c1ccc(C)o1)c1cccc(NC(=O)C(F)(F)F)c1. The fourth-order valence-electron chi connectivity index (χ4n) is 1.83. The predicted molar refractivity (Wildman–Crippen MR) is 84.2 cm³/mol. The molecule has 0 radical (unpaired) electrons. The summed E-state index contributed by atoms with van der Waals surface area (Å²) in [7, 11) is 0. The van der Waals surface area contributed by atoms with Gasteiger partial charge in [0, 0.05) is 5.69 Å². The average Bonchev–Trinajstić information content (AvgIpc) is 2.98. The highest BCUT2D eigenvalue weighted by molar-refractivity contribution is 6.02. The number of nitrogens with zero attached hydrogens (tertiary/aromatic N) is 1. The molecule has 0 spiro atoms. The first-order chi connectivity index (χ1) is 11.7. The molecule has 1 aromatic heterocycles. The van der Waals surface area contributed by atoms with Crippen LogP contribution in [0.25, 0.3) is 0 Å². The highest BCUT2D eigenvalue weighted by Crippen LogP contribution is 2.19. The van der Waals surface area contributed by atoms with Gasteiger partial charge in [0.05, 0.1) is 5.71 Å². The highest BCUT2D eigenvalue weighted by atomic mass is 19.4. The van der Waals surface area contributed by atoms with Gasteiger partial charge in [-0.2, -0.15) is 18.3 Å². The van der Waals surface area contributed by atoms with Crippen molar-refractivity contribution in [3.63, 3.8) is 0 Å². The van der Waals surface area contributed by atoms with E-state index in [4.69, 9.17) is 4.42 Å². The smallest absolute Gasteiger partial charge is 0.456 e. The molecular formula is C16H14F3N3O3. The third-order valence-electron chi connectivity index (χ3n) is 3.08. The first kappa shape index (κ1) is 18.2. The molecule has 1 aromatic carbocycles. The maximum absolute atomic E-state index is 12.3. The van der Waals surface area contributed by atoms with Crippen LogP contribution in [0.1, 0.15) is 28.8 Å². The minimum atomic E-state index is -4.98. The Morgan fingerprint density at radius 3 is 2.48 bits per heavy atom. The van der Waals surface area contributed by atoms with Gasteiger partial charge < -0.3 is 9.73 Å². The number of halogens is 3. The van der Waals surface area contributed by atoms with Gasteiger partial charge in [0.2, 0.25) is 0 Å². The molecular weight excluding hydrogens is 339 g/mol. The normalized spacial score (nSPS) is 12.0. The molecule has 0 atom stereocenters. The molecule has 0 saturated carbocycles. The molecule has 9 heteroatoms. The van der Waals surface area contributed by atoms with Crippen LogP contribution in [0.3, 0.4) is 0 Å². The summed E-state index contributed by atoms with van der Waals surface area (Å²) in [5.74, 6) is -1.98. The lowest BCUT2D eigenvalue weighted by molar-refractivity contribution is -0.167. The quantitative estimate of drug-likeness (QED) is 0.654. The Hall–Kier alpha value is -3.10. The largest absolute Gasteiger partial charge is 0.471 e. The zero-order valence-electron chi connectivity index (χ0n) is 13.3. The van der Waals surface area contributed by atoms with Gasteiger partial charge in [-0.05, 0) is 43.7 Å². The van der Waals surface area contributed by atoms with E-state index >= 15 is 0 Å². The van der Waals surface area contributed by atoms with Gasteiger partial charge in [-0.3, -0.25) is 9.59 Å². The number of hydrogen-bond acceptors (Lipinski definition) is 4. The van der Waals surface area contributed by atoms with E-state index in [0.717, 1.165) is 0 Å². The van der Waals surface area contributed by atoms with Crippen molar-refractivity contribution < 1.29 is 27.2 Å². The second kappa shape index (κ2) is 7.20. The van der Waals surface area contributed by atoms with Crippen LogP contribution in [0, 0.1) is 6.92 Å². The summed E-state index contributed by atoms with van der Waals surface area (Å²) in [4.78, 5) is 22.8. The number of alkyl halides is 3. The second-order valence-corrected chi connectivity index (χ2v) is 5.08. The first-order valence-corrected chi connectivity index (χ1v) is 7.06. The van der Waals surface area contributed by atoms with Crippen LogP contribution in [-0.4, -0.2) is 23.7 Å². The maximum Gasteiger partial charge on any atom is 0.471 e. The number of furan rings is 1. The number of nitrogens with one attached hydrogen (secondary N) is 2. The summed E-state index contributed by atoms with van der Waals surface area (Å²) in [6.45, 7) is 3.24. The average molecular weight is 353 g/mol. The van der Waals surface area contributed by atoms with Gasteiger partial charge in [0.1, 0.15) is 5.76 Å². The Balaban J connectivity index is 2.08. The number of benzene rings is 1. The lowest BCUT2D eigenvalue weighted by atomic mass is 10.1. The van der Waals surface area contributed by atoms with Crippen LogP contribution in [0.15, 0.2) is 45.9 Å². The van der Waals surface area contributed by atoms with Gasteiger partial charge in [0.15, 0.2) is 5.76 Å². The molecule has 0 saturated heterocycles. The Kier molecular flexibility index (Phi) is 5.26. The standard InChI is InChI=1S/C16H14F3N3O3/c1-9-6-7-13(25-9)14(23)22-21-10(2)11-4-3-5-12(8-11)20-15(24)16(17,18)19/h3-8H,1-2H3,(H,20,24)(H,22,23). The maximum atomic E-state index is 12.3. The van der Waals surface area contributed by atoms with Gasteiger partial charge in [-0.15, -0.1) is 0 Å². The summed E-state index contributed by atoms with van der Waals surface area (Å²) >= 11 is 0. The minimum Gasteiger partial charge on any atom is -0.456 e. The molecule has 0 aliphatic carbocycles. The summed E-state index contributed by atoms with van der Waals surface area (Å²) in [6.07, 6.45) is -4.98. The van der Waals surface area contributed by atoms with Crippen molar-refractivity contribution in [3.05, 3.63) is 53.5 Å². The number of rotatable bonds is 4. The number of carbonyl (C=O) groups is 2. The Labute approximate surface area is 140 Å². The molecule has 2 amide bonds. The van der Waals surface area contributed by atoms with Crippen molar-refractivity contribution in [3.8, 4) is 0 Å². The summed E-state index contributed by atoms with van der Waals surface area (Å²) < 4.78 is 42.0.